The van der Waals surface area contributed by atoms with Gasteiger partial charge < -0.3 is 36.0 Å². The van der Waals surface area contributed by atoms with Crippen LogP contribution in [-0.4, -0.2) is 94.6 Å². The van der Waals surface area contributed by atoms with Crippen LogP contribution in [0.1, 0.15) is 51.3 Å². The van der Waals surface area contributed by atoms with E-state index >= 15 is 0 Å². The lowest BCUT2D eigenvalue weighted by molar-refractivity contribution is 0.0515. The van der Waals surface area contributed by atoms with Gasteiger partial charge in [0, 0.05) is 44.0 Å². The molecule has 0 aromatic heterocycles. The van der Waals surface area contributed by atoms with Gasteiger partial charge in [-0.15, -0.1) is 0 Å². The van der Waals surface area contributed by atoms with Gasteiger partial charge in [0.15, 0.2) is 0 Å². The summed E-state index contributed by atoms with van der Waals surface area (Å²) < 4.78 is 0. The Kier molecular flexibility index (Phi) is 11.6. The highest BCUT2D eigenvalue weighted by Crippen LogP contribution is 2.30. The minimum absolute atomic E-state index is 0.0755. The zero-order chi connectivity index (χ0) is 23.8. The molecule has 0 saturated carbocycles. The molecule has 0 bridgehead atoms. The number of carbonyl (C=O) groups is 2. The van der Waals surface area contributed by atoms with Crippen LogP contribution in [0.2, 0.25) is 0 Å². The fraction of sp³-hybridized carbons (Fsp3) is 0.619. The number of likely N-dealkylation sites (N-methyl/N-ethyl adjacent to an activating group) is 2. The summed E-state index contributed by atoms with van der Waals surface area (Å²) in [5.74, 6) is -0.859. The van der Waals surface area contributed by atoms with Gasteiger partial charge in [-0.2, -0.15) is 0 Å². The standard InChI is InChI=1S/C19H31N3O6.C2H6/c1-10-15(18(27)21(4)6-13(25)8-23)11(2)17(20)12(3)16(10)19(28)22(5)7-14(26)9-24;1-2/h13-14,23-26H,6-9,20H2,1-5H3;1-2H3. The van der Waals surface area contributed by atoms with E-state index in [1.165, 1.54) is 23.9 Å². The molecule has 0 aliphatic heterocycles. The summed E-state index contributed by atoms with van der Waals surface area (Å²) in [6.07, 6.45) is -2.16. The van der Waals surface area contributed by atoms with E-state index in [2.05, 4.69) is 0 Å². The Morgan fingerprint density at radius 1 is 0.800 bits per heavy atom. The minimum Gasteiger partial charge on any atom is -0.398 e. The van der Waals surface area contributed by atoms with Crippen LogP contribution < -0.4 is 5.73 Å². The zero-order valence-electron chi connectivity index (χ0n) is 19.1. The van der Waals surface area contributed by atoms with Crippen molar-refractivity contribution in [3.8, 4) is 0 Å². The van der Waals surface area contributed by atoms with Gasteiger partial charge in [-0.25, -0.2) is 0 Å². The SMILES string of the molecule is CC.Cc1c(N)c(C)c(C(=O)N(C)CC(O)CO)c(C)c1C(=O)N(C)CC(O)CO. The lowest BCUT2D eigenvalue weighted by atomic mass is 9.90. The molecule has 0 spiro atoms. The molecule has 2 amide bonds. The van der Waals surface area contributed by atoms with Crippen LogP contribution in [0.25, 0.3) is 0 Å². The maximum absolute atomic E-state index is 12.9. The zero-order valence-corrected chi connectivity index (χ0v) is 19.1. The molecule has 0 saturated heterocycles. The van der Waals surface area contributed by atoms with Gasteiger partial charge >= 0.3 is 0 Å². The Morgan fingerprint density at radius 2 is 1.10 bits per heavy atom. The maximum Gasteiger partial charge on any atom is 0.254 e. The number of hydrogen-bond acceptors (Lipinski definition) is 7. The second kappa shape index (κ2) is 12.5. The molecule has 172 valence electrons. The molecule has 0 fully saturated rings. The van der Waals surface area contributed by atoms with Crippen molar-refractivity contribution in [1.29, 1.82) is 0 Å². The normalized spacial score (nSPS) is 12.5. The number of hydrogen-bond donors (Lipinski definition) is 5. The number of aliphatic hydroxyl groups is 4. The molecule has 1 aromatic carbocycles. The van der Waals surface area contributed by atoms with E-state index in [1.54, 1.807) is 20.8 Å². The fourth-order valence-corrected chi connectivity index (χ4v) is 3.17. The van der Waals surface area contributed by atoms with Gasteiger partial charge in [0.25, 0.3) is 11.8 Å². The average molecular weight is 428 g/mol. The minimum atomic E-state index is -1.08. The summed E-state index contributed by atoms with van der Waals surface area (Å²) in [5.41, 5.74) is 8.49. The molecule has 1 rings (SSSR count). The van der Waals surface area contributed by atoms with E-state index < -0.39 is 37.2 Å². The number of nitrogen functional groups attached to an aromatic ring is 1. The Bertz CT molecular complexity index is 681. The van der Waals surface area contributed by atoms with E-state index in [1.807, 2.05) is 13.8 Å². The molecular weight excluding hydrogens is 390 g/mol. The second-order valence-electron chi connectivity index (χ2n) is 7.08. The highest BCUT2D eigenvalue weighted by atomic mass is 16.3. The highest BCUT2D eigenvalue weighted by Gasteiger charge is 2.28. The molecule has 0 radical (unpaired) electrons. The summed E-state index contributed by atoms with van der Waals surface area (Å²) in [6, 6.07) is 0. The van der Waals surface area contributed by atoms with Gasteiger partial charge in [0.05, 0.1) is 25.4 Å². The van der Waals surface area contributed by atoms with Gasteiger partial charge in [-0.05, 0) is 37.5 Å². The first-order chi connectivity index (χ1) is 14.0. The monoisotopic (exact) mass is 427 g/mol. The third kappa shape index (κ3) is 6.40. The molecule has 2 unspecified atom stereocenters. The Balaban J connectivity index is 0.00000407. The topological polar surface area (TPSA) is 148 Å². The summed E-state index contributed by atoms with van der Waals surface area (Å²) in [7, 11) is 2.97. The third-order valence-electron chi connectivity index (χ3n) is 4.82. The van der Waals surface area contributed by atoms with Crippen molar-refractivity contribution in [1.82, 2.24) is 9.80 Å². The maximum atomic E-state index is 12.9. The number of benzene rings is 1. The molecule has 30 heavy (non-hydrogen) atoms. The average Bonchev–Trinajstić information content (AvgIpc) is 2.73. The number of aliphatic hydroxyl groups excluding tert-OH is 4. The Labute approximate surface area is 178 Å². The molecule has 0 heterocycles. The number of nitrogens with zero attached hydrogens (tertiary/aromatic N) is 2. The van der Waals surface area contributed by atoms with Crippen LogP contribution >= 0.6 is 0 Å². The van der Waals surface area contributed by atoms with Crippen LogP contribution in [-0.2, 0) is 0 Å². The van der Waals surface area contributed by atoms with Crippen LogP contribution in [0.15, 0.2) is 0 Å². The van der Waals surface area contributed by atoms with E-state index in [-0.39, 0.29) is 24.2 Å². The van der Waals surface area contributed by atoms with Crippen LogP contribution in [0.3, 0.4) is 0 Å². The molecular formula is C21H37N3O6. The first-order valence-corrected chi connectivity index (χ1v) is 9.95. The molecule has 2 atom stereocenters. The number of nitrogens with two attached hydrogens (primary N) is 1. The summed E-state index contributed by atoms with van der Waals surface area (Å²) in [4.78, 5) is 28.4. The molecule has 9 heteroatoms. The lowest BCUT2D eigenvalue weighted by Gasteiger charge is -2.26. The predicted octanol–water partition coefficient (Wildman–Crippen LogP) is 0.0707. The second-order valence-corrected chi connectivity index (χ2v) is 7.08. The van der Waals surface area contributed by atoms with Crippen molar-refractivity contribution < 1.29 is 30.0 Å². The lowest BCUT2D eigenvalue weighted by Crippen LogP contribution is -2.38. The first kappa shape index (κ1) is 27.8. The molecule has 1 aromatic rings. The van der Waals surface area contributed by atoms with Crippen molar-refractivity contribution in [2.75, 3.05) is 46.1 Å². The van der Waals surface area contributed by atoms with E-state index in [4.69, 9.17) is 15.9 Å². The molecule has 0 aliphatic rings. The quantitative estimate of drug-likeness (QED) is 0.369. The molecule has 0 aliphatic carbocycles. The van der Waals surface area contributed by atoms with Gasteiger partial charge in [-0.3, -0.25) is 9.59 Å². The van der Waals surface area contributed by atoms with Crippen LogP contribution in [0.4, 0.5) is 5.69 Å². The molecule has 9 nitrogen and oxygen atoms in total. The highest BCUT2D eigenvalue weighted by molar-refractivity contribution is 6.05. The van der Waals surface area contributed by atoms with Gasteiger partial charge in [0.1, 0.15) is 0 Å². The Hall–Kier alpha value is -2.20. The first-order valence-electron chi connectivity index (χ1n) is 9.95. The molecule has 6 N–H and O–H groups in total. The van der Waals surface area contributed by atoms with Crippen LogP contribution in [0, 0.1) is 20.8 Å². The van der Waals surface area contributed by atoms with Crippen molar-refractivity contribution >= 4 is 17.5 Å². The largest absolute Gasteiger partial charge is 0.398 e. The third-order valence-corrected chi connectivity index (χ3v) is 4.82. The Morgan fingerprint density at radius 3 is 1.37 bits per heavy atom. The summed E-state index contributed by atoms with van der Waals surface area (Å²) >= 11 is 0. The van der Waals surface area contributed by atoms with Crippen molar-refractivity contribution in [3.63, 3.8) is 0 Å². The van der Waals surface area contributed by atoms with E-state index in [0.29, 0.717) is 22.4 Å². The summed E-state index contributed by atoms with van der Waals surface area (Å²) in [5, 5.41) is 37.2. The number of amides is 2. The van der Waals surface area contributed by atoms with Crippen molar-refractivity contribution in [3.05, 3.63) is 27.8 Å². The van der Waals surface area contributed by atoms with Gasteiger partial charge in [-0.1, -0.05) is 13.8 Å². The van der Waals surface area contributed by atoms with Crippen molar-refractivity contribution in [2.24, 2.45) is 0 Å². The van der Waals surface area contributed by atoms with E-state index in [0.717, 1.165) is 0 Å². The van der Waals surface area contributed by atoms with Crippen LogP contribution in [0.5, 0.6) is 0 Å². The smallest absolute Gasteiger partial charge is 0.254 e. The van der Waals surface area contributed by atoms with Crippen molar-refractivity contribution in [2.45, 2.75) is 46.8 Å². The number of carbonyl (C=O) groups excluding carboxylic acids is 2. The number of rotatable bonds is 8. The number of anilines is 1. The van der Waals surface area contributed by atoms with E-state index in [9.17, 15) is 19.8 Å². The summed E-state index contributed by atoms with van der Waals surface area (Å²) in [6.45, 7) is 7.91. The van der Waals surface area contributed by atoms with Gasteiger partial charge in [0.2, 0.25) is 0 Å². The predicted molar refractivity (Wildman–Crippen MR) is 117 cm³/mol. The fourth-order valence-electron chi connectivity index (χ4n) is 3.17.